The minimum atomic E-state index is -0.123. The Bertz CT molecular complexity index is 527. The van der Waals surface area contributed by atoms with Gasteiger partial charge in [0.2, 0.25) is 0 Å². The Kier molecular flexibility index (Phi) is 15.8. The van der Waals surface area contributed by atoms with E-state index in [-0.39, 0.29) is 11.9 Å². The zero-order valence-corrected chi connectivity index (χ0v) is 18.3. The summed E-state index contributed by atoms with van der Waals surface area (Å²) in [5.74, 6) is -0.179. The van der Waals surface area contributed by atoms with Crippen LogP contribution in [0.1, 0.15) is 102 Å². The van der Waals surface area contributed by atoms with Crippen molar-refractivity contribution >= 4 is 11.9 Å². The van der Waals surface area contributed by atoms with E-state index in [1.165, 1.54) is 25.7 Å². The van der Waals surface area contributed by atoms with Gasteiger partial charge >= 0.3 is 11.9 Å². The van der Waals surface area contributed by atoms with Crippen molar-refractivity contribution in [2.75, 3.05) is 6.61 Å². The predicted octanol–water partition coefficient (Wildman–Crippen LogP) is 6.75. The summed E-state index contributed by atoms with van der Waals surface area (Å²) in [5, 5.41) is 0. The van der Waals surface area contributed by atoms with Crippen LogP contribution in [0.2, 0.25) is 0 Å². The Labute approximate surface area is 177 Å². The van der Waals surface area contributed by atoms with E-state index in [0.717, 1.165) is 56.9 Å². The summed E-state index contributed by atoms with van der Waals surface area (Å²) in [7, 11) is 0. The summed E-state index contributed by atoms with van der Waals surface area (Å²) in [6.07, 6.45) is 14.3. The highest BCUT2D eigenvalue weighted by molar-refractivity contribution is 5.69. The van der Waals surface area contributed by atoms with Gasteiger partial charge in [-0.2, -0.15) is 0 Å². The van der Waals surface area contributed by atoms with Gasteiger partial charge in [-0.1, -0.05) is 95.0 Å². The Morgan fingerprint density at radius 3 is 1.79 bits per heavy atom. The normalized spacial score (nSPS) is 10.7. The zero-order chi connectivity index (χ0) is 21.0. The van der Waals surface area contributed by atoms with Crippen LogP contribution in [0.25, 0.3) is 0 Å². The highest BCUT2D eigenvalue weighted by atomic mass is 16.5. The molecule has 0 fully saturated rings. The van der Waals surface area contributed by atoms with Crippen LogP contribution in [0, 0.1) is 0 Å². The summed E-state index contributed by atoms with van der Waals surface area (Å²) >= 11 is 0. The SMILES string of the molecule is CCCCCCCCOC(=O)CCCCCCCCC(=O)OCc1ccccc1. The van der Waals surface area contributed by atoms with Crippen LogP contribution in [0.15, 0.2) is 30.3 Å². The Balaban J connectivity index is 1.83. The molecule has 0 saturated carbocycles. The first kappa shape index (κ1) is 25.2. The van der Waals surface area contributed by atoms with Gasteiger partial charge in [0.1, 0.15) is 6.61 Å². The number of benzene rings is 1. The lowest BCUT2D eigenvalue weighted by molar-refractivity contribution is -0.145. The van der Waals surface area contributed by atoms with Crippen LogP contribution in [0.3, 0.4) is 0 Å². The summed E-state index contributed by atoms with van der Waals surface area (Å²) < 4.78 is 10.6. The topological polar surface area (TPSA) is 52.6 Å². The van der Waals surface area contributed by atoms with Crippen molar-refractivity contribution in [3.63, 3.8) is 0 Å². The molecule has 0 aromatic heterocycles. The maximum Gasteiger partial charge on any atom is 0.306 e. The second-order valence-corrected chi connectivity index (χ2v) is 7.76. The van der Waals surface area contributed by atoms with Crippen molar-refractivity contribution < 1.29 is 19.1 Å². The van der Waals surface area contributed by atoms with E-state index in [4.69, 9.17) is 9.47 Å². The van der Waals surface area contributed by atoms with Gasteiger partial charge in [-0.05, 0) is 24.8 Å². The van der Waals surface area contributed by atoms with Gasteiger partial charge in [0, 0.05) is 12.8 Å². The van der Waals surface area contributed by atoms with Gasteiger partial charge < -0.3 is 9.47 Å². The number of carbonyl (C=O) groups is 2. The van der Waals surface area contributed by atoms with Crippen LogP contribution >= 0.6 is 0 Å². The first-order valence-electron chi connectivity index (χ1n) is 11.6. The Morgan fingerprint density at radius 1 is 0.655 bits per heavy atom. The molecule has 4 heteroatoms. The van der Waals surface area contributed by atoms with E-state index in [1.807, 2.05) is 30.3 Å². The number of rotatable bonds is 18. The monoisotopic (exact) mass is 404 g/mol. The molecule has 0 heterocycles. The number of hydrogen-bond donors (Lipinski definition) is 0. The van der Waals surface area contributed by atoms with Crippen molar-refractivity contribution in [3.8, 4) is 0 Å². The van der Waals surface area contributed by atoms with Gasteiger partial charge in [-0.15, -0.1) is 0 Å². The van der Waals surface area contributed by atoms with Crippen LogP contribution < -0.4 is 0 Å². The minimum Gasteiger partial charge on any atom is -0.466 e. The number of unbranched alkanes of at least 4 members (excludes halogenated alkanes) is 10. The van der Waals surface area contributed by atoms with Crippen molar-refractivity contribution in [1.82, 2.24) is 0 Å². The molecule has 1 aromatic carbocycles. The lowest BCUT2D eigenvalue weighted by Crippen LogP contribution is -2.05. The molecule has 0 N–H and O–H groups in total. The molecule has 0 aliphatic heterocycles. The number of hydrogen-bond acceptors (Lipinski definition) is 4. The number of ether oxygens (including phenoxy) is 2. The molecule has 0 amide bonds. The van der Waals surface area contributed by atoms with Crippen molar-refractivity contribution in [3.05, 3.63) is 35.9 Å². The van der Waals surface area contributed by atoms with Crippen molar-refractivity contribution in [2.24, 2.45) is 0 Å². The van der Waals surface area contributed by atoms with Crippen LogP contribution in [-0.4, -0.2) is 18.5 Å². The Hall–Kier alpha value is -1.84. The maximum absolute atomic E-state index is 11.7. The molecule has 4 nitrogen and oxygen atoms in total. The molecule has 29 heavy (non-hydrogen) atoms. The lowest BCUT2D eigenvalue weighted by Gasteiger charge is -2.06. The summed E-state index contributed by atoms with van der Waals surface area (Å²) in [6.45, 7) is 3.14. The zero-order valence-electron chi connectivity index (χ0n) is 18.3. The van der Waals surface area contributed by atoms with E-state index in [0.29, 0.717) is 26.1 Å². The molecule has 0 aliphatic rings. The third-order valence-corrected chi connectivity index (χ3v) is 5.02. The average Bonchev–Trinajstić information content (AvgIpc) is 2.74. The lowest BCUT2D eigenvalue weighted by atomic mass is 10.1. The fourth-order valence-corrected chi connectivity index (χ4v) is 3.20. The quantitative estimate of drug-likeness (QED) is 0.200. The predicted molar refractivity (Wildman–Crippen MR) is 118 cm³/mol. The standard InChI is InChI=1S/C25H40O4/c1-2-3-4-5-10-16-21-28-24(26)19-14-8-6-7-9-15-20-25(27)29-22-23-17-12-11-13-18-23/h11-13,17-18H,2-10,14-16,19-22H2,1H3. The molecule has 1 rings (SSSR count). The molecule has 0 spiro atoms. The molecule has 0 bridgehead atoms. The summed E-state index contributed by atoms with van der Waals surface area (Å²) in [5.41, 5.74) is 1.02. The minimum absolute atomic E-state index is 0.0558. The fourth-order valence-electron chi connectivity index (χ4n) is 3.20. The van der Waals surface area contributed by atoms with Crippen LogP contribution in [-0.2, 0) is 25.7 Å². The Morgan fingerprint density at radius 2 is 1.17 bits per heavy atom. The first-order chi connectivity index (χ1) is 14.2. The third kappa shape index (κ3) is 15.7. The van der Waals surface area contributed by atoms with E-state index in [9.17, 15) is 9.59 Å². The molecule has 0 atom stereocenters. The molecule has 0 unspecified atom stereocenters. The molecule has 0 aliphatic carbocycles. The molecule has 164 valence electrons. The van der Waals surface area contributed by atoms with E-state index >= 15 is 0 Å². The van der Waals surface area contributed by atoms with E-state index < -0.39 is 0 Å². The molecule has 0 saturated heterocycles. The maximum atomic E-state index is 11.7. The van der Waals surface area contributed by atoms with Gasteiger partial charge in [-0.3, -0.25) is 9.59 Å². The summed E-state index contributed by atoms with van der Waals surface area (Å²) in [6, 6.07) is 9.75. The highest BCUT2D eigenvalue weighted by Gasteiger charge is 2.04. The molecule has 0 radical (unpaired) electrons. The van der Waals surface area contributed by atoms with E-state index in [1.54, 1.807) is 0 Å². The van der Waals surface area contributed by atoms with Crippen LogP contribution in [0.4, 0.5) is 0 Å². The first-order valence-corrected chi connectivity index (χ1v) is 11.6. The second-order valence-electron chi connectivity index (χ2n) is 7.76. The third-order valence-electron chi connectivity index (χ3n) is 5.02. The van der Waals surface area contributed by atoms with Gasteiger partial charge in [0.25, 0.3) is 0 Å². The van der Waals surface area contributed by atoms with Gasteiger partial charge in [-0.25, -0.2) is 0 Å². The number of carbonyl (C=O) groups excluding carboxylic acids is 2. The van der Waals surface area contributed by atoms with Crippen molar-refractivity contribution in [2.45, 2.75) is 103 Å². The smallest absolute Gasteiger partial charge is 0.306 e. The second kappa shape index (κ2) is 18.2. The van der Waals surface area contributed by atoms with E-state index in [2.05, 4.69) is 6.92 Å². The average molecular weight is 405 g/mol. The summed E-state index contributed by atoms with van der Waals surface area (Å²) in [4.78, 5) is 23.4. The fraction of sp³-hybridized carbons (Fsp3) is 0.680. The van der Waals surface area contributed by atoms with Crippen molar-refractivity contribution in [1.29, 1.82) is 0 Å². The van der Waals surface area contributed by atoms with Crippen LogP contribution in [0.5, 0.6) is 0 Å². The highest BCUT2D eigenvalue weighted by Crippen LogP contribution is 2.11. The molecular formula is C25H40O4. The molecular weight excluding hydrogens is 364 g/mol. The van der Waals surface area contributed by atoms with Gasteiger partial charge in [0.15, 0.2) is 0 Å². The van der Waals surface area contributed by atoms with Gasteiger partial charge in [0.05, 0.1) is 6.61 Å². The molecule has 1 aromatic rings. The largest absolute Gasteiger partial charge is 0.466 e. The number of esters is 2.